The number of hydrogen-bond acceptors (Lipinski definition) is 4. The summed E-state index contributed by atoms with van der Waals surface area (Å²) in [7, 11) is 3.08. The minimum absolute atomic E-state index is 0.127. The van der Waals surface area contributed by atoms with Crippen LogP contribution in [-0.4, -0.2) is 24.4 Å². The van der Waals surface area contributed by atoms with E-state index < -0.39 is 0 Å². The lowest BCUT2D eigenvalue weighted by Gasteiger charge is -2.12. The maximum Gasteiger partial charge on any atom is 0.161 e. The Morgan fingerprint density at radius 1 is 0.731 bits per heavy atom. The van der Waals surface area contributed by atoms with Gasteiger partial charge >= 0.3 is 0 Å². The van der Waals surface area contributed by atoms with Crippen LogP contribution in [0, 0.1) is 0 Å². The van der Waals surface area contributed by atoms with Crippen molar-refractivity contribution in [2.45, 2.75) is 12.8 Å². The maximum atomic E-state index is 9.94. The van der Waals surface area contributed by atoms with Crippen LogP contribution in [0.1, 0.15) is 11.1 Å². The Morgan fingerprint density at radius 2 is 1.50 bits per heavy atom. The fraction of sp³-hybridized carbons (Fsp3) is 0.182. The molecular formula is C22H22O4. The molecule has 0 saturated carbocycles. The molecule has 0 aliphatic rings. The van der Waals surface area contributed by atoms with Gasteiger partial charge in [-0.25, -0.2) is 0 Å². The van der Waals surface area contributed by atoms with Crippen molar-refractivity contribution in [2.75, 3.05) is 14.2 Å². The molecule has 4 heteroatoms. The van der Waals surface area contributed by atoms with Crippen molar-refractivity contribution >= 4 is 0 Å². The number of aryl methyl sites for hydroxylation is 2. The molecule has 26 heavy (non-hydrogen) atoms. The molecule has 134 valence electrons. The summed E-state index contributed by atoms with van der Waals surface area (Å²) in [5, 5.41) is 19.8. The van der Waals surface area contributed by atoms with Gasteiger partial charge in [0, 0.05) is 0 Å². The molecule has 0 bridgehead atoms. The summed E-state index contributed by atoms with van der Waals surface area (Å²) in [5.74, 6) is 1.21. The molecule has 2 N–H and O–H groups in total. The molecule has 0 aromatic heterocycles. The quantitative estimate of drug-likeness (QED) is 0.684. The van der Waals surface area contributed by atoms with E-state index in [4.69, 9.17) is 9.47 Å². The highest BCUT2D eigenvalue weighted by molar-refractivity contribution is 5.70. The Kier molecular flexibility index (Phi) is 5.32. The second-order valence-electron chi connectivity index (χ2n) is 6.05. The molecule has 0 saturated heterocycles. The average Bonchev–Trinajstić information content (AvgIpc) is 2.67. The van der Waals surface area contributed by atoms with Gasteiger partial charge in [-0.2, -0.15) is 0 Å². The van der Waals surface area contributed by atoms with Crippen LogP contribution >= 0.6 is 0 Å². The predicted octanol–water partition coefficient (Wildman–Crippen LogP) is 4.57. The van der Waals surface area contributed by atoms with Crippen molar-refractivity contribution < 1.29 is 19.7 Å². The highest BCUT2D eigenvalue weighted by atomic mass is 16.5. The van der Waals surface area contributed by atoms with Crippen LogP contribution in [0.25, 0.3) is 11.1 Å². The summed E-state index contributed by atoms with van der Waals surface area (Å²) in [5.41, 5.74) is 4.33. The van der Waals surface area contributed by atoms with Crippen LogP contribution in [0.15, 0.2) is 60.7 Å². The number of hydrogen-bond donors (Lipinski definition) is 2. The normalized spacial score (nSPS) is 10.5. The van der Waals surface area contributed by atoms with Crippen molar-refractivity contribution in [3.8, 4) is 34.1 Å². The SMILES string of the molecule is COc1ccc(CCc2ccccc2-c2ccc(O)c(OC)c2)cc1O. The molecule has 0 aliphatic carbocycles. The zero-order valence-electron chi connectivity index (χ0n) is 14.9. The van der Waals surface area contributed by atoms with Crippen molar-refractivity contribution in [3.05, 3.63) is 71.8 Å². The van der Waals surface area contributed by atoms with Gasteiger partial charge < -0.3 is 19.7 Å². The van der Waals surface area contributed by atoms with Crippen molar-refractivity contribution in [1.82, 2.24) is 0 Å². The molecule has 0 radical (unpaired) electrons. The first-order valence-electron chi connectivity index (χ1n) is 8.43. The van der Waals surface area contributed by atoms with E-state index in [1.807, 2.05) is 30.3 Å². The number of rotatable bonds is 6. The lowest BCUT2D eigenvalue weighted by atomic mass is 9.95. The minimum Gasteiger partial charge on any atom is -0.504 e. The Morgan fingerprint density at radius 3 is 2.23 bits per heavy atom. The number of methoxy groups -OCH3 is 2. The topological polar surface area (TPSA) is 58.9 Å². The highest BCUT2D eigenvalue weighted by Gasteiger charge is 2.09. The summed E-state index contributed by atoms with van der Waals surface area (Å²) in [6, 6.07) is 19.0. The fourth-order valence-corrected chi connectivity index (χ4v) is 3.04. The average molecular weight is 350 g/mol. The van der Waals surface area contributed by atoms with E-state index in [2.05, 4.69) is 12.1 Å². The third kappa shape index (κ3) is 3.75. The smallest absolute Gasteiger partial charge is 0.161 e. The standard InChI is InChI=1S/C22H22O4/c1-25-21-12-8-15(13-20(21)24)7-9-16-5-3-4-6-18(16)17-10-11-19(23)22(14-17)26-2/h3-6,8,10-14,23-24H,7,9H2,1-2H3. The largest absolute Gasteiger partial charge is 0.504 e. The summed E-state index contributed by atoms with van der Waals surface area (Å²) >= 11 is 0. The predicted molar refractivity (Wildman–Crippen MR) is 102 cm³/mol. The first-order chi connectivity index (χ1) is 12.6. The van der Waals surface area contributed by atoms with Gasteiger partial charge in [0.2, 0.25) is 0 Å². The zero-order chi connectivity index (χ0) is 18.5. The van der Waals surface area contributed by atoms with E-state index in [1.54, 1.807) is 25.3 Å². The van der Waals surface area contributed by atoms with Gasteiger partial charge in [-0.15, -0.1) is 0 Å². The number of ether oxygens (including phenoxy) is 2. The molecule has 0 atom stereocenters. The summed E-state index contributed by atoms with van der Waals surface area (Å²) < 4.78 is 10.3. The number of phenolic OH excluding ortho intramolecular Hbond substituents is 2. The number of phenols is 2. The van der Waals surface area contributed by atoms with Crippen LogP contribution < -0.4 is 9.47 Å². The number of benzene rings is 3. The molecule has 0 unspecified atom stereocenters. The van der Waals surface area contributed by atoms with E-state index >= 15 is 0 Å². The third-order valence-electron chi connectivity index (χ3n) is 4.43. The van der Waals surface area contributed by atoms with Crippen molar-refractivity contribution in [2.24, 2.45) is 0 Å². The Bertz CT molecular complexity index is 902. The van der Waals surface area contributed by atoms with Gasteiger partial charge in [-0.05, 0) is 59.4 Å². The van der Waals surface area contributed by atoms with Crippen LogP contribution in [0.4, 0.5) is 0 Å². The minimum atomic E-state index is 0.127. The molecule has 0 fully saturated rings. The highest BCUT2D eigenvalue weighted by Crippen LogP contribution is 2.33. The van der Waals surface area contributed by atoms with Gasteiger partial charge in [0.15, 0.2) is 23.0 Å². The van der Waals surface area contributed by atoms with Crippen LogP contribution in [0.5, 0.6) is 23.0 Å². The summed E-state index contributed by atoms with van der Waals surface area (Å²) in [6.45, 7) is 0. The Hall–Kier alpha value is -3.14. The van der Waals surface area contributed by atoms with E-state index in [1.165, 1.54) is 12.7 Å². The molecule has 0 amide bonds. The second kappa shape index (κ2) is 7.83. The van der Waals surface area contributed by atoms with Gasteiger partial charge in [0.1, 0.15) is 0 Å². The first kappa shape index (κ1) is 17.7. The first-order valence-corrected chi connectivity index (χ1v) is 8.43. The summed E-state index contributed by atoms with van der Waals surface area (Å²) in [4.78, 5) is 0. The van der Waals surface area contributed by atoms with Gasteiger partial charge in [0.05, 0.1) is 14.2 Å². The van der Waals surface area contributed by atoms with Crippen molar-refractivity contribution in [1.29, 1.82) is 0 Å². The van der Waals surface area contributed by atoms with Crippen LogP contribution in [0.2, 0.25) is 0 Å². The third-order valence-corrected chi connectivity index (χ3v) is 4.43. The molecule has 0 aliphatic heterocycles. The van der Waals surface area contributed by atoms with E-state index in [0.717, 1.165) is 29.5 Å². The molecule has 0 heterocycles. The molecule has 0 spiro atoms. The van der Waals surface area contributed by atoms with Gasteiger partial charge in [-0.3, -0.25) is 0 Å². The Labute approximate surface area is 153 Å². The van der Waals surface area contributed by atoms with Crippen molar-refractivity contribution in [3.63, 3.8) is 0 Å². The molecular weight excluding hydrogens is 328 g/mol. The molecule has 3 rings (SSSR count). The van der Waals surface area contributed by atoms with Crippen LogP contribution in [-0.2, 0) is 12.8 Å². The zero-order valence-corrected chi connectivity index (χ0v) is 14.9. The lowest BCUT2D eigenvalue weighted by Crippen LogP contribution is -1.95. The molecule has 3 aromatic rings. The van der Waals surface area contributed by atoms with Crippen LogP contribution in [0.3, 0.4) is 0 Å². The van der Waals surface area contributed by atoms with Gasteiger partial charge in [-0.1, -0.05) is 36.4 Å². The molecule has 4 nitrogen and oxygen atoms in total. The fourth-order valence-electron chi connectivity index (χ4n) is 3.04. The maximum absolute atomic E-state index is 9.94. The monoisotopic (exact) mass is 350 g/mol. The van der Waals surface area contributed by atoms with Gasteiger partial charge in [0.25, 0.3) is 0 Å². The van der Waals surface area contributed by atoms with E-state index in [0.29, 0.717) is 11.5 Å². The summed E-state index contributed by atoms with van der Waals surface area (Å²) in [6.07, 6.45) is 1.62. The Balaban J connectivity index is 1.85. The van der Waals surface area contributed by atoms with E-state index in [-0.39, 0.29) is 11.5 Å². The lowest BCUT2D eigenvalue weighted by molar-refractivity contribution is 0.373. The van der Waals surface area contributed by atoms with E-state index in [9.17, 15) is 10.2 Å². The number of aromatic hydroxyl groups is 2. The molecule has 3 aromatic carbocycles. The second-order valence-corrected chi connectivity index (χ2v) is 6.05.